The number of benzene rings is 4. The van der Waals surface area contributed by atoms with Gasteiger partial charge in [-0.1, -0.05) is 54.6 Å². The Kier molecular flexibility index (Phi) is 3.84. The van der Waals surface area contributed by atoms with Crippen molar-refractivity contribution in [3.63, 3.8) is 0 Å². The molecule has 0 amide bonds. The summed E-state index contributed by atoms with van der Waals surface area (Å²) in [6, 6.07) is 22.2. The lowest BCUT2D eigenvalue weighted by molar-refractivity contribution is 0.249. The van der Waals surface area contributed by atoms with Crippen molar-refractivity contribution in [2.75, 3.05) is 31.1 Å². The molecule has 4 aromatic carbocycles. The molecule has 5 aromatic rings. The second-order valence-electron chi connectivity index (χ2n) is 7.89. The predicted molar refractivity (Wildman–Crippen MR) is 120 cm³/mol. The zero-order valence-electron chi connectivity index (χ0n) is 16.3. The SMILES string of the molecule is c1cnc(N2CCN(Cc3ccc4ccc5cccc6ccc3c4c56)CC2)nc1. The standard InChI is InChI=1S/C25H22N4/c1-3-18-5-6-20-7-8-21(22-10-9-19(4-1)23(18)24(20)22)17-28-13-15-29(16-14-28)25-26-11-2-12-27-25/h1-12H,13-17H2. The van der Waals surface area contributed by atoms with Gasteiger partial charge in [0.1, 0.15) is 0 Å². The van der Waals surface area contributed by atoms with Gasteiger partial charge in [0.25, 0.3) is 0 Å². The Morgan fingerprint density at radius 1 is 0.655 bits per heavy atom. The molecule has 1 saturated heterocycles. The lowest BCUT2D eigenvalue weighted by Crippen LogP contribution is -2.46. The maximum absolute atomic E-state index is 4.40. The molecule has 0 unspecified atom stereocenters. The van der Waals surface area contributed by atoms with Crippen molar-refractivity contribution in [3.05, 3.63) is 78.6 Å². The van der Waals surface area contributed by atoms with Crippen LogP contribution in [-0.2, 0) is 6.54 Å². The van der Waals surface area contributed by atoms with Gasteiger partial charge < -0.3 is 4.90 Å². The maximum Gasteiger partial charge on any atom is 0.225 e. The Balaban J connectivity index is 1.31. The number of piperazine rings is 1. The molecule has 2 heterocycles. The van der Waals surface area contributed by atoms with E-state index < -0.39 is 0 Å². The van der Waals surface area contributed by atoms with Crippen molar-refractivity contribution < 1.29 is 0 Å². The van der Waals surface area contributed by atoms with E-state index in [0.717, 1.165) is 38.7 Å². The topological polar surface area (TPSA) is 32.3 Å². The molecule has 29 heavy (non-hydrogen) atoms. The zero-order chi connectivity index (χ0) is 19.2. The predicted octanol–water partition coefficient (Wildman–Crippen LogP) is 4.70. The fourth-order valence-electron chi connectivity index (χ4n) is 4.74. The van der Waals surface area contributed by atoms with Crippen LogP contribution in [0, 0.1) is 0 Å². The average molecular weight is 378 g/mol. The molecule has 0 N–H and O–H groups in total. The second-order valence-corrected chi connectivity index (χ2v) is 7.89. The molecule has 0 spiro atoms. The highest BCUT2D eigenvalue weighted by molar-refractivity contribution is 6.23. The summed E-state index contributed by atoms with van der Waals surface area (Å²) in [6.45, 7) is 4.98. The molecule has 1 aliphatic rings. The van der Waals surface area contributed by atoms with Gasteiger partial charge in [0.15, 0.2) is 0 Å². The van der Waals surface area contributed by atoms with E-state index in [1.54, 1.807) is 0 Å². The fourth-order valence-corrected chi connectivity index (χ4v) is 4.74. The van der Waals surface area contributed by atoms with Crippen molar-refractivity contribution in [1.29, 1.82) is 0 Å². The second kappa shape index (κ2) is 6.68. The number of hydrogen-bond donors (Lipinski definition) is 0. The molecule has 142 valence electrons. The van der Waals surface area contributed by atoms with Crippen LogP contribution in [0.2, 0.25) is 0 Å². The monoisotopic (exact) mass is 378 g/mol. The number of nitrogens with zero attached hydrogens (tertiary/aromatic N) is 4. The minimum Gasteiger partial charge on any atom is -0.338 e. The van der Waals surface area contributed by atoms with Crippen LogP contribution in [0.15, 0.2) is 73.1 Å². The Bertz CT molecular complexity index is 1270. The Hall–Kier alpha value is -3.24. The molecule has 1 aromatic heterocycles. The number of hydrogen-bond acceptors (Lipinski definition) is 4. The summed E-state index contributed by atoms with van der Waals surface area (Å²) in [5.74, 6) is 0.842. The van der Waals surface area contributed by atoms with Gasteiger partial charge in [-0.2, -0.15) is 0 Å². The molecule has 0 bridgehead atoms. The van der Waals surface area contributed by atoms with Gasteiger partial charge in [-0.15, -0.1) is 0 Å². The third-order valence-corrected chi connectivity index (χ3v) is 6.22. The summed E-state index contributed by atoms with van der Waals surface area (Å²) in [7, 11) is 0. The van der Waals surface area contributed by atoms with E-state index in [1.807, 2.05) is 18.5 Å². The molecule has 4 nitrogen and oxygen atoms in total. The average Bonchev–Trinajstić information content (AvgIpc) is 2.79. The summed E-state index contributed by atoms with van der Waals surface area (Å²) in [4.78, 5) is 13.6. The van der Waals surface area contributed by atoms with Gasteiger partial charge >= 0.3 is 0 Å². The van der Waals surface area contributed by atoms with Crippen LogP contribution < -0.4 is 4.90 Å². The smallest absolute Gasteiger partial charge is 0.225 e. The maximum atomic E-state index is 4.40. The number of anilines is 1. The van der Waals surface area contributed by atoms with Gasteiger partial charge in [-0.3, -0.25) is 4.90 Å². The zero-order valence-corrected chi connectivity index (χ0v) is 16.3. The summed E-state index contributed by atoms with van der Waals surface area (Å²) in [5, 5.41) is 8.19. The van der Waals surface area contributed by atoms with Crippen molar-refractivity contribution in [1.82, 2.24) is 14.9 Å². The number of aromatic nitrogens is 2. The molecule has 4 heteroatoms. The first-order valence-corrected chi connectivity index (χ1v) is 10.3. The van der Waals surface area contributed by atoms with E-state index in [4.69, 9.17) is 0 Å². The lowest BCUT2D eigenvalue weighted by atomic mass is 9.92. The minimum absolute atomic E-state index is 0.842. The van der Waals surface area contributed by atoms with E-state index in [-0.39, 0.29) is 0 Å². The molecule has 0 saturated carbocycles. The summed E-state index contributed by atoms with van der Waals surface area (Å²) < 4.78 is 0. The van der Waals surface area contributed by atoms with E-state index in [9.17, 15) is 0 Å². The molecule has 0 aliphatic carbocycles. The van der Waals surface area contributed by atoms with Crippen LogP contribution in [0.25, 0.3) is 32.3 Å². The van der Waals surface area contributed by atoms with Crippen molar-refractivity contribution in [3.8, 4) is 0 Å². The summed E-state index contributed by atoms with van der Waals surface area (Å²) in [6.07, 6.45) is 3.64. The molecular formula is C25H22N4. The molecule has 1 fully saturated rings. The number of rotatable bonds is 3. The van der Waals surface area contributed by atoms with Crippen LogP contribution in [0.1, 0.15) is 5.56 Å². The van der Waals surface area contributed by atoms with Gasteiger partial charge in [0.05, 0.1) is 0 Å². The van der Waals surface area contributed by atoms with E-state index >= 15 is 0 Å². The molecular weight excluding hydrogens is 356 g/mol. The first kappa shape index (κ1) is 16.7. The lowest BCUT2D eigenvalue weighted by Gasteiger charge is -2.34. The quantitative estimate of drug-likeness (QED) is 0.426. The molecule has 0 atom stereocenters. The van der Waals surface area contributed by atoms with Crippen LogP contribution in [0.5, 0.6) is 0 Å². The van der Waals surface area contributed by atoms with Gasteiger partial charge in [-0.05, 0) is 43.9 Å². The van der Waals surface area contributed by atoms with Crippen LogP contribution in [0.4, 0.5) is 5.95 Å². The van der Waals surface area contributed by atoms with Crippen molar-refractivity contribution >= 4 is 38.3 Å². The largest absolute Gasteiger partial charge is 0.338 e. The van der Waals surface area contributed by atoms with E-state index in [2.05, 4.69) is 74.4 Å². The van der Waals surface area contributed by atoms with Crippen molar-refractivity contribution in [2.45, 2.75) is 6.54 Å². The third kappa shape index (κ3) is 2.79. The summed E-state index contributed by atoms with van der Waals surface area (Å²) >= 11 is 0. The van der Waals surface area contributed by atoms with Gasteiger partial charge in [0.2, 0.25) is 5.95 Å². The highest BCUT2D eigenvalue weighted by atomic mass is 15.3. The first-order chi connectivity index (χ1) is 14.4. The Morgan fingerprint density at radius 2 is 1.31 bits per heavy atom. The third-order valence-electron chi connectivity index (χ3n) is 6.22. The summed E-state index contributed by atoms with van der Waals surface area (Å²) in [5.41, 5.74) is 1.42. The highest BCUT2D eigenvalue weighted by Crippen LogP contribution is 2.36. The first-order valence-electron chi connectivity index (χ1n) is 10.3. The van der Waals surface area contributed by atoms with Crippen LogP contribution >= 0.6 is 0 Å². The van der Waals surface area contributed by atoms with Crippen LogP contribution in [-0.4, -0.2) is 41.0 Å². The normalized spacial score (nSPS) is 15.7. The van der Waals surface area contributed by atoms with Gasteiger partial charge in [-0.25, -0.2) is 9.97 Å². The molecule has 0 radical (unpaired) electrons. The van der Waals surface area contributed by atoms with Gasteiger partial charge in [0, 0.05) is 45.1 Å². The Morgan fingerprint density at radius 3 is 2.07 bits per heavy atom. The highest BCUT2D eigenvalue weighted by Gasteiger charge is 2.20. The molecule has 1 aliphatic heterocycles. The van der Waals surface area contributed by atoms with E-state index in [1.165, 1.54) is 37.9 Å². The van der Waals surface area contributed by atoms with E-state index in [0.29, 0.717) is 0 Å². The Labute approximate surface area is 169 Å². The van der Waals surface area contributed by atoms with Crippen LogP contribution in [0.3, 0.4) is 0 Å². The van der Waals surface area contributed by atoms with Crippen molar-refractivity contribution in [2.24, 2.45) is 0 Å². The molecule has 6 rings (SSSR count). The minimum atomic E-state index is 0.842. The fraction of sp³-hybridized carbons (Fsp3) is 0.200.